The van der Waals surface area contributed by atoms with E-state index in [2.05, 4.69) is 43.4 Å². The molecule has 0 saturated heterocycles. The highest BCUT2D eigenvalue weighted by atomic mass is 14.8. The van der Waals surface area contributed by atoms with Gasteiger partial charge in [0.15, 0.2) is 0 Å². The minimum absolute atomic E-state index is 0.798. The van der Waals surface area contributed by atoms with Crippen LogP contribution in [0.3, 0.4) is 0 Å². The van der Waals surface area contributed by atoms with Crippen molar-refractivity contribution in [1.82, 2.24) is 5.32 Å². The lowest BCUT2D eigenvalue weighted by Crippen LogP contribution is -2.04. The molecule has 0 aromatic heterocycles. The lowest BCUT2D eigenvalue weighted by atomic mass is 10.0. The molecular formula is C13H21N. The van der Waals surface area contributed by atoms with E-state index in [4.69, 9.17) is 0 Å². The molecule has 1 aromatic rings. The molecule has 1 nitrogen and oxygen atoms in total. The van der Waals surface area contributed by atoms with Gasteiger partial charge in [0.2, 0.25) is 0 Å². The van der Waals surface area contributed by atoms with Crippen LogP contribution in [-0.2, 0) is 13.0 Å². The molecule has 0 aliphatic heterocycles. The van der Waals surface area contributed by atoms with Crippen molar-refractivity contribution in [2.24, 2.45) is 5.92 Å². The van der Waals surface area contributed by atoms with E-state index in [-0.39, 0.29) is 0 Å². The second-order valence-corrected chi connectivity index (χ2v) is 4.28. The van der Waals surface area contributed by atoms with Gasteiger partial charge in [-0.3, -0.25) is 0 Å². The molecule has 78 valence electrons. The molecule has 0 atom stereocenters. The highest BCUT2D eigenvalue weighted by molar-refractivity contribution is 5.22. The number of hydrogen-bond donors (Lipinski definition) is 1. The maximum atomic E-state index is 3.15. The van der Waals surface area contributed by atoms with Crippen LogP contribution in [0.5, 0.6) is 0 Å². The molecule has 0 aliphatic rings. The van der Waals surface area contributed by atoms with Crippen LogP contribution in [0.4, 0.5) is 0 Å². The molecule has 0 fully saturated rings. The van der Waals surface area contributed by atoms with Gasteiger partial charge in [0.05, 0.1) is 0 Å². The molecule has 1 aromatic carbocycles. The fourth-order valence-electron chi connectivity index (χ4n) is 1.48. The first kappa shape index (κ1) is 11.3. The Morgan fingerprint density at radius 2 is 1.64 bits per heavy atom. The zero-order chi connectivity index (χ0) is 10.4. The summed E-state index contributed by atoms with van der Waals surface area (Å²) in [5, 5.41) is 3.15. The third-order valence-corrected chi connectivity index (χ3v) is 2.41. The van der Waals surface area contributed by atoms with Gasteiger partial charge in [-0.25, -0.2) is 0 Å². The van der Waals surface area contributed by atoms with Crippen molar-refractivity contribution in [3.8, 4) is 0 Å². The van der Waals surface area contributed by atoms with Gasteiger partial charge in [-0.1, -0.05) is 38.1 Å². The van der Waals surface area contributed by atoms with E-state index in [1.54, 1.807) is 0 Å². The van der Waals surface area contributed by atoms with Crippen LogP contribution in [0.1, 0.15) is 31.4 Å². The number of rotatable bonds is 5. The molecule has 0 unspecified atom stereocenters. The summed E-state index contributed by atoms with van der Waals surface area (Å²) in [6, 6.07) is 8.92. The maximum Gasteiger partial charge on any atom is 0.0202 e. The Morgan fingerprint density at radius 3 is 2.14 bits per heavy atom. The number of aryl methyl sites for hydroxylation is 1. The minimum Gasteiger partial charge on any atom is -0.316 e. The summed E-state index contributed by atoms with van der Waals surface area (Å²) in [6.45, 7) is 5.51. The fraction of sp³-hybridized carbons (Fsp3) is 0.538. The normalized spacial score (nSPS) is 10.9. The zero-order valence-corrected chi connectivity index (χ0v) is 9.51. The SMILES string of the molecule is CNCc1ccc(CCC(C)C)cc1. The number of benzene rings is 1. The molecule has 1 N–H and O–H groups in total. The van der Waals surface area contributed by atoms with Gasteiger partial charge in [0.25, 0.3) is 0 Å². The molecule has 0 saturated carbocycles. The predicted molar refractivity (Wildman–Crippen MR) is 62.4 cm³/mol. The summed E-state index contributed by atoms with van der Waals surface area (Å²) >= 11 is 0. The predicted octanol–water partition coefficient (Wildman–Crippen LogP) is 2.99. The summed E-state index contributed by atoms with van der Waals surface area (Å²) in [6.07, 6.45) is 2.49. The van der Waals surface area contributed by atoms with Gasteiger partial charge in [0.1, 0.15) is 0 Å². The molecule has 14 heavy (non-hydrogen) atoms. The Morgan fingerprint density at radius 1 is 1.07 bits per heavy atom. The zero-order valence-electron chi connectivity index (χ0n) is 9.51. The third kappa shape index (κ3) is 3.93. The first-order valence-corrected chi connectivity index (χ1v) is 5.44. The molecule has 1 heteroatoms. The standard InChI is InChI=1S/C13H21N/c1-11(2)4-5-12-6-8-13(9-7-12)10-14-3/h6-9,11,14H,4-5,10H2,1-3H3. The Balaban J connectivity index is 2.46. The second-order valence-electron chi connectivity index (χ2n) is 4.28. The highest BCUT2D eigenvalue weighted by Crippen LogP contribution is 2.10. The summed E-state index contributed by atoms with van der Waals surface area (Å²) in [7, 11) is 1.98. The largest absolute Gasteiger partial charge is 0.316 e. The molecule has 1 rings (SSSR count). The van der Waals surface area contributed by atoms with Crippen molar-refractivity contribution in [1.29, 1.82) is 0 Å². The van der Waals surface area contributed by atoms with Crippen molar-refractivity contribution >= 4 is 0 Å². The second kappa shape index (κ2) is 5.82. The lowest BCUT2D eigenvalue weighted by molar-refractivity contribution is 0.586. The van der Waals surface area contributed by atoms with Crippen LogP contribution in [0.25, 0.3) is 0 Å². The van der Waals surface area contributed by atoms with E-state index < -0.39 is 0 Å². The first-order chi connectivity index (χ1) is 6.72. The van der Waals surface area contributed by atoms with E-state index >= 15 is 0 Å². The third-order valence-electron chi connectivity index (χ3n) is 2.41. The van der Waals surface area contributed by atoms with Crippen LogP contribution < -0.4 is 5.32 Å². The van der Waals surface area contributed by atoms with E-state index in [0.29, 0.717) is 0 Å². The van der Waals surface area contributed by atoms with Gasteiger partial charge < -0.3 is 5.32 Å². The van der Waals surface area contributed by atoms with Crippen molar-refractivity contribution < 1.29 is 0 Å². The van der Waals surface area contributed by atoms with Crippen molar-refractivity contribution in [2.75, 3.05) is 7.05 Å². The monoisotopic (exact) mass is 191 g/mol. The van der Waals surface area contributed by atoms with Gasteiger partial charge in [0, 0.05) is 6.54 Å². The Labute approximate surface area is 87.5 Å². The van der Waals surface area contributed by atoms with Gasteiger partial charge in [-0.15, -0.1) is 0 Å². The van der Waals surface area contributed by atoms with Crippen LogP contribution in [0.15, 0.2) is 24.3 Å². The van der Waals surface area contributed by atoms with Crippen LogP contribution in [-0.4, -0.2) is 7.05 Å². The van der Waals surface area contributed by atoms with Crippen LogP contribution in [0.2, 0.25) is 0 Å². The number of nitrogens with one attached hydrogen (secondary N) is 1. The lowest BCUT2D eigenvalue weighted by Gasteiger charge is -2.05. The molecule has 0 heterocycles. The Kier molecular flexibility index (Phi) is 4.68. The van der Waals surface area contributed by atoms with Crippen molar-refractivity contribution in [3.63, 3.8) is 0 Å². The molecular weight excluding hydrogens is 170 g/mol. The van der Waals surface area contributed by atoms with E-state index in [9.17, 15) is 0 Å². The average Bonchev–Trinajstić information content (AvgIpc) is 2.17. The number of hydrogen-bond acceptors (Lipinski definition) is 1. The van der Waals surface area contributed by atoms with Crippen molar-refractivity contribution in [3.05, 3.63) is 35.4 Å². The highest BCUT2D eigenvalue weighted by Gasteiger charge is 1.97. The van der Waals surface area contributed by atoms with E-state index in [1.807, 2.05) is 7.05 Å². The summed E-state index contributed by atoms with van der Waals surface area (Å²) < 4.78 is 0. The Hall–Kier alpha value is -0.820. The van der Waals surface area contributed by atoms with Gasteiger partial charge >= 0.3 is 0 Å². The summed E-state index contributed by atoms with van der Waals surface area (Å²) in [4.78, 5) is 0. The molecule has 0 bridgehead atoms. The molecule has 0 radical (unpaired) electrons. The molecule has 0 spiro atoms. The van der Waals surface area contributed by atoms with Gasteiger partial charge in [-0.05, 0) is 36.9 Å². The van der Waals surface area contributed by atoms with Crippen LogP contribution >= 0.6 is 0 Å². The fourth-order valence-corrected chi connectivity index (χ4v) is 1.48. The van der Waals surface area contributed by atoms with Crippen LogP contribution in [0, 0.1) is 5.92 Å². The Bertz CT molecular complexity index is 248. The molecule has 0 aliphatic carbocycles. The maximum absolute atomic E-state index is 3.15. The van der Waals surface area contributed by atoms with E-state index in [0.717, 1.165) is 12.5 Å². The molecule has 0 amide bonds. The minimum atomic E-state index is 0.798. The summed E-state index contributed by atoms with van der Waals surface area (Å²) in [5.41, 5.74) is 2.82. The van der Waals surface area contributed by atoms with Crippen molar-refractivity contribution in [2.45, 2.75) is 33.2 Å². The topological polar surface area (TPSA) is 12.0 Å². The summed E-state index contributed by atoms with van der Waals surface area (Å²) in [5.74, 6) is 0.798. The first-order valence-electron chi connectivity index (χ1n) is 5.44. The van der Waals surface area contributed by atoms with E-state index in [1.165, 1.54) is 24.0 Å². The quantitative estimate of drug-likeness (QED) is 0.754. The van der Waals surface area contributed by atoms with Gasteiger partial charge in [-0.2, -0.15) is 0 Å². The smallest absolute Gasteiger partial charge is 0.0202 e. The average molecular weight is 191 g/mol.